The Morgan fingerprint density at radius 1 is 1.60 bits per heavy atom. The van der Waals surface area contributed by atoms with E-state index >= 15 is 0 Å². The zero-order valence-corrected chi connectivity index (χ0v) is 10.7. The first kappa shape index (κ1) is 14.2. The average Bonchev–Trinajstić information content (AvgIpc) is 2.10. The Morgan fingerprint density at radius 3 is 2.87 bits per heavy atom. The fraction of sp³-hybridized carbons (Fsp3) is 0. The minimum absolute atomic E-state index is 0. The number of hydrogen-bond donors (Lipinski definition) is 3. The molecule has 0 aliphatic heterocycles. The van der Waals surface area contributed by atoms with Crippen molar-refractivity contribution >= 4 is 51.9 Å². The second-order valence-corrected chi connectivity index (χ2v) is 3.79. The van der Waals surface area contributed by atoms with Crippen LogP contribution in [0, 0.1) is 0 Å². The van der Waals surface area contributed by atoms with Crippen molar-refractivity contribution in [1.29, 1.82) is 0 Å². The number of hydrogen-bond acceptors (Lipinski definition) is 3. The van der Waals surface area contributed by atoms with Crippen molar-refractivity contribution in [3.05, 3.63) is 28.2 Å². The number of nitrogens with two attached hydrogens (primary N) is 1. The Morgan fingerprint density at radius 2 is 2.27 bits per heavy atom. The molecule has 0 heterocycles. The molecule has 0 saturated heterocycles. The number of aromatic hydroxyl groups is 1. The van der Waals surface area contributed by atoms with E-state index in [0.29, 0.717) is 5.56 Å². The van der Waals surface area contributed by atoms with Crippen LogP contribution in [0.25, 0.3) is 0 Å². The predicted octanol–water partition coefficient (Wildman–Crippen LogP) is 1.74. The van der Waals surface area contributed by atoms with Gasteiger partial charge in [-0.1, -0.05) is 15.9 Å². The van der Waals surface area contributed by atoms with E-state index in [1.54, 1.807) is 18.2 Å². The van der Waals surface area contributed by atoms with Crippen LogP contribution in [-0.2, 0) is 0 Å². The van der Waals surface area contributed by atoms with E-state index in [2.05, 4.69) is 38.7 Å². The SMILES string of the molecule is Cl.NC(=S)N/N=C/c1cc(Br)ccc1O. The third kappa shape index (κ3) is 4.96. The van der Waals surface area contributed by atoms with Gasteiger partial charge in [0, 0.05) is 10.0 Å². The molecule has 0 bridgehead atoms. The summed E-state index contributed by atoms with van der Waals surface area (Å²) in [6.45, 7) is 0. The molecule has 0 amide bonds. The van der Waals surface area contributed by atoms with Crippen LogP contribution in [0.2, 0.25) is 0 Å². The molecule has 0 aromatic heterocycles. The highest BCUT2D eigenvalue weighted by Gasteiger charge is 1.97. The lowest BCUT2D eigenvalue weighted by molar-refractivity contribution is 0.474. The minimum Gasteiger partial charge on any atom is -0.507 e. The summed E-state index contributed by atoms with van der Waals surface area (Å²) < 4.78 is 0.854. The zero-order chi connectivity index (χ0) is 10.6. The van der Waals surface area contributed by atoms with Crippen molar-refractivity contribution in [2.24, 2.45) is 10.8 Å². The van der Waals surface area contributed by atoms with E-state index in [0.717, 1.165) is 4.47 Å². The molecule has 0 radical (unpaired) electrons. The molecule has 0 unspecified atom stereocenters. The van der Waals surface area contributed by atoms with Crippen molar-refractivity contribution in [3.63, 3.8) is 0 Å². The quantitative estimate of drug-likeness (QED) is 0.442. The Bertz CT molecular complexity index is 386. The van der Waals surface area contributed by atoms with Gasteiger partial charge in [0.15, 0.2) is 5.11 Å². The topological polar surface area (TPSA) is 70.6 Å². The molecular formula is C8H9BrClN3OS. The van der Waals surface area contributed by atoms with E-state index in [9.17, 15) is 5.11 Å². The van der Waals surface area contributed by atoms with Crippen LogP contribution >= 0.6 is 40.6 Å². The van der Waals surface area contributed by atoms with Gasteiger partial charge in [0.2, 0.25) is 0 Å². The third-order valence-corrected chi connectivity index (χ3v) is 1.95. The van der Waals surface area contributed by atoms with E-state index in [4.69, 9.17) is 5.73 Å². The number of nitrogens with one attached hydrogen (secondary N) is 1. The lowest BCUT2D eigenvalue weighted by atomic mass is 10.2. The van der Waals surface area contributed by atoms with Gasteiger partial charge < -0.3 is 10.8 Å². The first-order valence-electron chi connectivity index (χ1n) is 3.66. The van der Waals surface area contributed by atoms with Crippen molar-refractivity contribution < 1.29 is 5.11 Å². The van der Waals surface area contributed by atoms with E-state index in [1.807, 2.05) is 0 Å². The molecule has 0 atom stereocenters. The fourth-order valence-electron chi connectivity index (χ4n) is 0.794. The second kappa shape index (κ2) is 6.60. The standard InChI is InChI=1S/C8H8BrN3OS.ClH/c9-6-1-2-7(13)5(3-6)4-11-12-8(10)14;/h1-4,13H,(H3,10,12,14);1H/b11-4+;. The zero-order valence-electron chi connectivity index (χ0n) is 7.48. The number of rotatable bonds is 2. The minimum atomic E-state index is 0. The molecular weight excluding hydrogens is 302 g/mol. The van der Waals surface area contributed by atoms with Gasteiger partial charge in [-0.3, -0.25) is 5.43 Å². The largest absolute Gasteiger partial charge is 0.507 e. The summed E-state index contributed by atoms with van der Waals surface area (Å²) in [6.07, 6.45) is 1.43. The first-order chi connectivity index (χ1) is 6.59. The van der Waals surface area contributed by atoms with Gasteiger partial charge >= 0.3 is 0 Å². The van der Waals surface area contributed by atoms with Crippen LogP contribution in [-0.4, -0.2) is 16.4 Å². The molecule has 0 aliphatic carbocycles. The Hall–Kier alpha value is -0.850. The maximum atomic E-state index is 9.40. The molecule has 0 spiro atoms. The van der Waals surface area contributed by atoms with E-state index in [1.165, 1.54) is 6.21 Å². The molecule has 1 aromatic carbocycles. The van der Waals surface area contributed by atoms with Crippen molar-refractivity contribution in [3.8, 4) is 5.75 Å². The van der Waals surface area contributed by atoms with Gasteiger partial charge in [-0.05, 0) is 30.4 Å². The number of thiocarbonyl (C=S) groups is 1. The number of nitrogens with zero attached hydrogens (tertiary/aromatic N) is 1. The summed E-state index contributed by atoms with van der Waals surface area (Å²) in [5, 5.41) is 13.2. The molecule has 0 aliphatic rings. The number of phenols is 1. The number of halogens is 2. The molecule has 1 aromatic rings. The van der Waals surface area contributed by atoms with E-state index < -0.39 is 0 Å². The molecule has 7 heteroatoms. The van der Waals surface area contributed by atoms with Gasteiger partial charge in [-0.2, -0.15) is 5.10 Å². The Labute approximate surface area is 107 Å². The van der Waals surface area contributed by atoms with Gasteiger partial charge in [-0.25, -0.2) is 0 Å². The molecule has 15 heavy (non-hydrogen) atoms. The summed E-state index contributed by atoms with van der Waals surface area (Å²) in [5.74, 6) is 0.140. The smallest absolute Gasteiger partial charge is 0.184 e. The van der Waals surface area contributed by atoms with Crippen LogP contribution in [0.5, 0.6) is 5.75 Å². The lowest BCUT2D eigenvalue weighted by Crippen LogP contribution is -2.23. The van der Waals surface area contributed by atoms with Crippen LogP contribution in [0.15, 0.2) is 27.8 Å². The molecule has 0 saturated carbocycles. The second-order valence-electron chi connectivity index (χ2n) is 2.44. The summed E-state index contributed by atoms with van der Waals surface area (Å²) in [7, 11) is 0. The maximum absolute atomic E-state index is 9.40. The normalized spacial score (nSPS) is 9.67. The molecule has 1 rings (SSSR count). The van der Waals surface area contributed by atoms with Crippen molar-refractivity contribution in [1.82, 2.24) is 5.43 Å². The summed E-state index contributed by atoms with van der Waals surface area (Å²) in [4.78, 5) is 0. The molecule has 4 nitrogen and oxygen atoms in total. The van der Waals surface area contributed by atoms with Gasteiger partial charge in [-0.15, -0.1) is 12.4 Å². The van der Waals surface area contributed by atoms with Crippen LogP contribution in [0.4, 0.5) is 0 Å². The van der Waals surface area contributed by atoms with Crippen LogP contribution < -0.4 is 11.2 Å². The van der Waals surface area contributed by atoms with Gasteiger partial charge in [0.1, 0.15) is 5.75 Å². The predicted molar refractivity (Wildman–Crippen MR) is 70.6 cm³/mol. The summed E-state index contributed by atoms with van der Waals surface area (Å²) in [6, 6.07) is 5.01. The Kier molecular flexibility index (Phi) is 6.23. The molecule has 0 fully saturated rings. The third-order valence-electron chi connectivity index (χ3n) is 1.37. The molecule has 4 N–H and O–H groups in total. The van der Waals surface area contributed by atoms with Crippen LogP contribution in [0.1, 0.15) is 5.56 Å². The fourth-order valence-corrected chi connectivity index (χ4v) is 1.23. The van der Waals surface area contributed by atoms with Crippen molar-refractivity contribution in [2.45, 2.75) is 0 Å². The van der Waals surface area contributed by atoms with Crippen molar-refractivity contribution in [2.75, 3.05) is 0 Å². The highest BCUT2D eigenvalue weighted by Crippen LogP contribution is 2.19. The maximum Gasteiger partial charge on any atom is 0.184 e. The summed E-state index contributed by atoms with van der Waals surface area (Å²) in [5.41, 5.74) is 8.12. The molecule has 82 valence electrons. The first-order valence-corrected chi connectivity index (χ1v) is 4.87. The Balaban J connectivity index is 0.00000196. The number of phenolic OH excluding ortho intramolecular Hbond substituents is 1. The van der Waals surface area contributed by atoms with E-state index in [-0.39, 0.29) is 23.3 Å². The number of benzene rings is 1. The number of hydrazone groups is 1. The van der Waals surface area contributed by atoms with Crippen LogP contribution in [0.3, 0.4) is 0 Å². The summed E-state index contributed by atoms with van der Waals surface area (Å²) >= 11 is 7.82. The average molecular weight is 311 g/mol. The monoisotopic (exact) mass is 309 g/mol. The highest BCUT2D eigenvalue weighted by atomic mass is 79.9. The van der Waals surface area contributed by atoms with Gasteiger partial charge in [0.05, 0.1) is 6.21 Å². The van der Waals surface area contributed by atoms with Gasteiger partial charge in [0.25, 0.3) is 0 Å². The lowest BCUT2D eigenvalue weighted by Gasteiger charge is -1.99. The highest BCUT2D eigenvalue weighted by molar-refractivity contribution is 9.10.